The number of ether oxygens (including phenoxy) is 1. The summed E-state index contributed by atoms with van der Waals surface area (Å²) in [5.41, 5.74) is 1.09. The zero-order valence-corrected chi connectivity index (χ0v) is 9.66. The Morgan fingerprint density at radius 1 is 1.44 bits per heavy atom. The third-order valence-corrected chi connectivity index (χ3v) is 3.29. The summed E-state index contributed by atoms with van der Waals surface area (Å²) in [4.78, 5) is 21.6. The molecule has 1 spiro atoms. The zero-order chi connectivity index (χ0) is 11.4. The first-order chi connectivity index (χ1) is 7.74. The molecule has 0 bridgehead atoms. The molecule has 0 N–H and O–H groups in total. The molecule has 1 aliphatic carbocycles. The van der Waals surface area contributed by atoms with E-state index in [1.807, 2.05) is 6.92 Å². The molecule has 4 nitrogen and oxygen atoms in total. The van der Waals surface area contributed by atoms with Crippen LogP contribution < -0.4 is 0 Å². The highest BCUT2D eigenvalue weighted by atomic mass is 17.2. The van der Waals surface area contributed by atoms with Crippen LogP contribution in [-0.2, 0) is 19.3 Å². The fraction of sp³-hybridized carbons (Fsp3) is 0.750. The van der Waals surface area contributed by atoms with Crippen LogP contribution in [0.2, 0.25) is 0 Å². The van der Waals surface area contributed by atoms with Gasteiger partial charge in [0.2, 0.25) is 0 Å². The van der Waals surface area contributed by atoms with E-state index in [1.54, 1.807) is 6.08 Å². The summed E-state index contributed by atoms with van der Waals surface area (Å²) in [6, 6.07) is 0. The van der Waals surface area contributed by atoms with Crippen LogP contribution in [-0.4, -0.2) is 24.8 Å². The SMILES string of the molecule is CCOC(=O)C=C1CCC2(CCOO2)CC1. The van der Waals surface area contributed by atoms with Gasteiger partial charge in [0.15, 0.2) is 0 Å². The second kappa shape index (κ2) is 4.97. The number of rotatable bonds is 2. The third kappa shape index (κ3) is 2.62. The molecule has 90 valence electrons. The molecule has 2 aliphatic rings. The largest absolute Gasteiger partial charge is 0.463 e. The van der Waals surface area contributed by atoms with Crippen molar-refractivity contribution in [3.05, 3.63) is 11.6 Å². The Kier molecular flexibility index (Phi) is 3.61. The van der Waals surface area contributed by atoms with Gasteiger partial charge in [0.05, 0.1) is 13.2 Å². The van der Waals surface area contributed by atoms with Crippen LogP contribution in [0.25, 0.3) is 0 Å². The van der Waals surface area contributed by atoms with E-state index in [1.165, 1.54) is 5.57 Å². The van der Waals surface area contributed by atoms with E-state index in [2.05, 4.69) is 0 Å². The van der Waals surface area contributed by atoms with Crippen LogP contribution in [0.3, 0.4) is 0 Å². The van der Waals surface area contributed by atoms with Gasteiger partial charge >= 0.3 is 5.97 Å². The molecular weight excluding hydrogens is 208 g/mol. The van der Waals surface area contributed by atoms with E-state index in [0.717, 1.165) is 32.1 Å². The summed E-state index contributed by atoms with van der Waals surface area (Å²) >= 11 is 0. The molecule has 0 aromatic heterocycles. The maximum Gasteiger partial charge on any atom is 0.330 e. The van der Waals surface area contributed by atoms with Crippen molar-refractivity contribution in [2.45, 2.75) is 44.6 Å². The molecule has 16 heavy (non-hydrogen) atoms. The predicted molar refractivity (Wildman–Crippen MR) is 57.6 cm³/mol. The number of esters is 1. The van der Waals surface area contributed by atoms with Crippen LogP contribution in [0.4, 0.5) is 0 Å². The van der Waals surface area contributed by atoms with Crippen LogP contribution in [0.1, 0.15) is 39.0 Å². The molecule has 0 amide bonds. The van der Waals surface area contributed by atoms with Crippen molar-refractivity contribution in [2.75, 3.05) is 13.2 Å². The standard InChI is InChI=1S/C12H18O4/c1-2-14-11(13)9-10-3-5-12(6-4-10)7-8-15-16-12/h9H,2-8H2,1H3. The molecule has 0 aromatic carbocycles. The van der Waals surface area contributed by atoms with Crippen molar-refractivity contribution in [3.63, 3.8) is 0 Å². The molecule has 0 radical (unpaired) electrons. The Morgan fingerprint density at radius 3 is 2.75 bits per heavy atom. The Bertz CT molecular complexity index is 277. The highest BCUT2D eigenvalue weighted by Gasteiger charge is 2.39. The summed E-state index contributed by atoms with van der Waals surface area (Å²) in [5, 5.41) is 0. The molecular formula is C12H18O4. The lowest BCUT2D eigenvalue weighted by atomic mass is 9.80. The van der Waals surface area contributed by atoms with Gasteiger partial charge in [-0.3, -0.25) is 0 Å². The quantitative estimate of drug-likeness (QED) is 0.411. The first-order valence-corrected chi connectivity index (χ1v) is 5.91. The van der Waals surface area contributed by atoms with Crippen LogP contribution >= 0.6 is 0 Å². The summed E-state index contributed by atoms with van der Waals surface area (Å²) in [5.74, 6) is -0.225. The smallest absolute Gasteiger partial charge is 0.330 e. The van der Waals surface area contributed by atoms with E-state index in [9.17, 15) is 4.79 Å². The lowest BCUT2D eigenvalue weighted by Gasteiger charge is -2.31. The normalized spacial score (nSPS) is 29.4. The van der Waals surface area contributed by atoms with Crippen molar-refractivity contribution in [2.24, 2.45) is 0 Å². The highest BCUT2D eigenvalue weighted by Crippen LogP contribution is 2.40. The molecule has 0 aromatic rings. The van der Waals surface area contributed by atoms with Gasteiger partial charge in [-0.1, -0.05) is 5.57 Å². The Hall–Kier alpha value is -0.870. The minimum Gasteiger partial charge on any atom is -0.463 e. The van der Waals surface area contributed by atoms with Crippen molar-refractivity contribution in [1.82, 2.24) is 0 Å². The Labute approximate surface area is 95.5 Å². The lowest BCUT2D eigenvalue weighted by molar-refractivity contribution is -0.313. The second-order valence-electron chi connectivity index (χ2n) is 4.39. The number of hydrogen-bond donors (Lipinski definition) is 0. The number of hydrogen-bond acceptors (Lipinski definition) is 4. The first kappa shape index (κ1) is 11.6. The van der Waals surface area contributed by atoms with Gasteiger partial charge in [-0.05, 0) is 32.6 Å². The first-order valence-electron chi connectivity index (χ1n) is 5.91. The molecule has 2 fully saturated rings. The summed E-state index contributed by atoms with van der Waals surface area (Å²) in [7, 11) is 0. The van der Waals surface area contributed by atoms with Gasteiger partial charge < -0.3 is 4.74 Å². The maximum absolute atomic E-state index is 11.3. The minimum absolute atomic E-state index is 0.0774. The minimum atomic E-state index is -0.225. The van der Waals surface area contributed by atoms with Gasteiger partial charge in [-0.25, -0.2) is 14.6 Å². The summed E-state index contributed by atoms with van der Waals surface area (Å²) < 4.78 is 4.89. The summed E-state index contributed by atoms with van der Waals surface area (Å²) in [6.07, 6.45) is 6.30. The number of allylic oxidation sites excluding steroid dienone is 1. The fourth-order valence-electron chi connectivity index (χ4n) is 2.29. The monoisotopic (exact) mass is 226 g/mol. The van der Waals surface area contributed by atoms with Gasteiger partial charge in [0.1, 0.15) is 5.60 Å². The van der Waals surface area contributed by atoms with Crippen LogP contribution in [0, 0.1) is 0 Å². The predicted octanol–water partition coefficient (Wildman–Crippen LogP) is 2.14. The third-order valence-electron chi connectivity index (χ3n) is 3.29. The zero-order valence-electron chi connectivity index (χ0n) is 9.66. The van der Waals surface area contributed by atoms with Crippen LogP contribution in [0.15, 0.2) is 11.6 Å². The van der Waals surface area contributed by atoms with Crippen molar-refractivity contribution < 1.29 is 19.3 Å². The Morgan fingerprint density at radius 2 is 2.19 bits per heavy atom. The van der Waals surface area contributed by atoms with E-state index in [4.69, 9.17) is 14.5 Å². The second-order valence-corrected chi connectivity index (χ2v) is 4.39. The molecule has 0 atom stereocenters. The Balaban J connectivity index is 1.87. The lowest BCUT2D eigenvalue weighted by Crippen LogP contribution is -2.31. The average molecular weight is 226 g/mol. The molecule has 1 aliphatic heterocycles. The number of carbonyl (C=O) groups excluding carboxylic acids is 1. The molecule has 1 saturated heterocycles. The van der Waals surface area contributed by atoms with E-state index < -0.39 is 0 Å². The van der Waals surface area contributed by atoms with Crippen molar-refractivity contribution in [1.29, 1.82) is 0 Å². The fourth-order valence-corrected chi connectivity index (χ4v) is 2.29. The molecule has 1 saturated carbocycles. The van der Waals surface area contributed by atoms with Gasteiger partial charge in [0, 0.05) is 12.5 Å². The van der Waals surface area contributed by atoms with E-state index >= 15 is 0 Å². The highest BCUT2D eigenvalue weighted by molar-refractivity contribution is 5.82. The topological polar surface area (TPSA) is 44.8 Å². The maximum atomic E-state index is 11.3. The van der Waals surface area contributed by atoms with Crippen molar-refractivity contribution >= 4 is 5.97 Å². The van der Waals surface area contributed by atoms with E-state index in [0.29, 0.717) is 13.2 Å². The molecule has 1 heterocycles. The van der Waals surface area contributed by atoms with Gasteiger partial charge in [-0.15, -0.1) is 0 Å². The van der Waals surface area contributed by atoms with Gasteiger partial charge in [-0.2, -0.15) is 0 Å². The molecule has 4 heteroatoms. The molecule has 2 rings (SSSR count). The summed E-state index contributed by atoms with van der Waals surface area (Å²) in [6.45, 7) is 2.94. The van der Waals surface area contributed by atoms with Crippen molar-refractivity contribution in [3.8, 4) is 0 Å². The van der Waals surface area contributed by atoms with Gasteiger partial charge in [0.25, 0.3) is 0 Å². The average Bonchev–Trinajstić information content (AvgIpc) is 2.71. The van der Waals surface area contributed by atoms with E-state index in [-0.39, 0.29) is 11.6 Å². The molecule has 0 unspecified atom stereocenters. The van der Waals surface area contributed by atoms with Crippen LogP contribution in [0.5, 0.6) is 0 Å². The number of carbonyl (C=O) groups is 1.